The van der Waals surface area contributed by atoms with Gasteiger partial charge in [-0.15, -0.1) is 0 Å². The highest BCUT2D eigenvalue weighted by atomic mass is 16.5. The number of ether oxygens (including phenoxy) is 1. The molecule has 1 fully saturated rings. The molecule has 2 nitrogen and oxygen atoms in total. The van der Waals surface area contributed by atoms with E-state index in [4.69, 9.17) is 9.60 Å². The summed E-state index contributed by atoms with van der Waals surface area (Å²) in [6.45, 7) is -9.53. The maximum atomic E-state index is 7.10. The summed E-state index contributed by atoms with van der Waals surface area (Å²) < 4.78 is 53.7. The maximum Gasteiger partial charge on any atom is 0.0591 e. The average Bonchev–Trinajstić information content (AvgIpc) is 1.80. The Bertz CT molecular complexity index is 217. The minimum atomic E-state index is -2.78. The van der Waals surface area contributed by atoms with Crippen LogP contribution in [-0.2, 0) is 4.74 Å². The molecule has 0 amide bonds. The van der Waals surface area contributed by atoms with Crippen LogP contribution in [0.4, 0.5) is 0 Å². The summed E-state index contributed by atoms with van der Waals surface area (Å²) in [7, 11) is 0. The minimum Gasteiger partial charge on any atom is -0.379 e. The van der Waals surface area contributed by atoms with Gasteiger partial charge in [0.05, 0.1) is 18.6 Å². The first kappa shape index (κ1) is 0.858. The molecule has 2 heteroatoms. The van der Waals surface area contributed by atoms with Crippen LogP contribution in [0.3, 0.4) is 0 Å². The SMILES string of the molecule is [2H]C1NC([2H])([2H])C([2H])([2H])OC1([2H])[2H]. The van der Waals surface area contributed by atoms with E-state index in [1.807, 2.05) is 5.32 Å². The highest BCUT2D eigenvalue weighted by Gasteiger charge is 1.92. The van der Waals surface area contributed by atoms with Gasteiger partial charge in [-0.3, -0.25) is 0 Å². The van der Waals surface area contributed by atoms with E-state index in [9.17, 15) is 0 Å². The van der Waals surface area contributed by atoms with Crippen molar-refractivity contribution in [3.05, 3.63) is 0 Å². The third-order valence-corrected chi connectivity index (χ3v) is 0.364. The second-order valence-corrected chi connectivity index (χ2v) is 0.736. The molecule has 0 spiro atoms. The van der Waals surface area contributed by atoms with Crippen LogP contribution in [0.25, 0.3) is 0 Å². The van der Waals surface area contributed by atoms with E-state index < -0.39 is 26.1 Å². The zero-order valence-corrected chi connectivity index (χ0v) is 2.99. The zero-order chi connectivity index (χ0) is 10.5. The van der Waals surface area contributed by atoms with Crippen LogP contribution in [0.2, 0.25) is 0 Å². The molecule has 0 radical (unpaired) electrons. The smallest absolute Gasteiger partial charge is 0.0591 e. The summed E-state index contributed by atoms with van der Waals surface area (Å²) in [5, 5.41) is 1.86. The van der Waals surface area contributed by atoms with Gasteiger partial charge >= 0.3 is 0 Å². The summed E-state index contributed by atoms with van der Waals surface area (Å²) >= 11 is 0. The molecular formula is C4H9NO. The van der Waals surface area contributed by atoms with Gasteiger partial charge in [0, 0.05) is 17.1 Å². The van der Waals surface area contributed by atoms with Gasteiger partial charge in [0.15, 0.2) is 0 Å². The Hall–Kier alpha value is -0.0800. The summed E-state index contributed by atoms with van der Waals surface area (Å²) in [4.78, 5) is 0. The lowest BCUT2D eigenvalue weighted by molar-refractivity contribution is 0.109. The van der Waals surface area contributed by atoms with Crippen molar-refractivity contribution in [2.45, 2.75) is 0 Å². The van der Waals surface area contributed by atoms with Crippen molar-refractivity contribution in [1.29, 1.82) is 0 Å². The summed E-state index contributed by atoms with van der Waals surface area (Å²) in [6.07, 6.45) is 0. The molecule has 0 aromatic carbocycles. The topological polar surface area (TPSA) is 21.3 Å². The number of morpholine rings is 1. The second kappa shape index (κ2) is 2.16. The maximum absolute atomic E-state index is 7.10. The Morgan fingerprint density at radius 1 is 1.67 bits per heavy atom. The molecule has 1 atom stereocenters. The van der Waals surface area contributed by atoms with E-state index >= 15 is 0 Å². The van der Waals surface area contributed by atoms with Crippen LogP contribution in [0, 0.1) is 0 Å². The van der Waals surface area contributed by atoms with Crippen molar-refractivity contribution in [2.75, 3.05) is 26.1 Å². The van der Waals surface area contributed by atoms with Gasteiger partial charge < -0.3 is 10.1 Å². The normalized spacial score (nSPS) is 78.7. The Morgan fingerprint density at radius 2 is 2.67 bits per heavy atom. The van der Waals surface area contributed by atoms with Crippen LogP contribution in [0.5, 0.6) is 0 Å². The second-order valence-electron chi connectivity index (χ2n) is 0.736. The number of nitrogens with one attached hydrogen (secondary N) is 1. The van der Waals surface area contributed by atoms with Gasteiger partial charge in [-0.1, -0.05) is 0 Å². The van der Waals surface area contributed by atoms with E-state index in [0.717, 1.165) is 0 Å². The molecule has 1 rings (SSSR count). The first-order valence-electron chi connectivity index (χ1n) is 5.06. The van der Waals surface area contributed by atoms with Gasteiger partial charge in [-0.25, -0.2) is 0 Å². The fourth-order valence-electron chi connectivity index (χ4n) is 0.179. The molecule has 1 saturated heterocycles. The molecule has 0 aliphatic carbocycles. The Balaban J connectivity index is 2.93. The molecule has 0 saturated carbocycles. The Labute approximate surface area is 47.3 Å². The van der Waals surface area contributed by atoms with Gasteiger partial charge in [-0.2, -0.15) is 0 Å². The largest absolute Gasteiger partial charge is 0.379 e. The monoisotopic (exact) mass is 94.1 g/mol. The van der Waals surface area contributed by atoms with Crippen LogP contribution in [0.15, 0.2) is 0 Å². The predicted molar refractivity (Wildman–Crippen MR) is 23.7 cm³/mol. The standard InChI is InChI=1S/C4H9NO/c1-3-6-4-2-5-1/h5H,1-4H2/i1D,2D2,3D2,4D2. The van der Waals surface area contributed by atoms with Crippen LogP contribution in [0.1, 0.15) is 9.60 Å². The molecule has 1 aliphatic rings. The van der Waals surface area contributed by atoms with E-state index in [1.165, 1.54) is 0 Å². The summed E-state index contributed by atoms with van der Waals surface area (Å²) in [5.41, 5.74) is 0. The third-order valence-electron chi connectivity index (χ3n) is 0.364. The fourth-order valence-corrected chi connectivity index (χ4v) is 0.179. The van der Waals surface area contributed by atoms with Gasteiger partial charge in [-0.05, 0) is 0 Å². The molecule has 6 heavy (non-hydrogen) atoms. The highest BCUT2D eigenvalue weighted by molar-refractivity contribution is 4.49. The molecule has 1 heterocycles. The molecule has 1 N–H and O–H groups in total. The number of hydrogen-bond donors (Lipinski definition) is 1. The lowest BCUT2D eigenvalue weighted by Crippen LogP contribution is -2.30. The third kappa shape index (κ3) is 0.954. The molecule has 0 aromatic heterocycles. The van der Waals surface area contributed by atoms with Crippen LogP contribution in [-0.4, -0.2) is 26.1 Å². The van der Waals surface area contributed by atoms with Crippen LogP contribution < -0.4 is 5.32 Å². The van der Waals surface area contributed by atoms with Gasteiger partial charge in [0.25, 0.3) is 0 Å². The van der Waals surface area contributed by atoms with Crippen molar-refractivity contribution in [1.82, 2.24) is 5.32 Å². The Kier molecular flexibility index (Phi) is 0.309. The molecule has 1 aliphatic heterocycles. The molecular weight excluding hydrogens is 78.0 g/mol. The molecule has 0 bridgehead atoms. The van der Waals surface area contributed by atoms with E-state index in [2.05, 4.69) is 4.74 Å². The van der Waals surface area contributed by atoms with E-state index in [0.29, 0.717) is 0 Å². The van der Waals surface area contributed by atoms with Gasteiger partial charge in [0.1, 0.15) is 0 Å². The Morgan fingerprint density at radius 3 is 3.50 bits per heavy atom. The first-order valence-corrected chi connectivity index (χ1v) is 1.49. The quantitative estimate of drug-likeness (QED) is 0.441. The highest BCUT2D eigenvalue weighted by Crippen LogP contribution is 1.76. The van der Waals surface area contributed by atoms with Gasteiger partial charge in [0.2, 0.25) is 0 Å². The van der Waals surface area contributed by atoms with Crippen molar-refractivity contribution in [3.8, 4) is 0 Å². The predicted octanol–water partition coefficient (Wildman–Crippen LogP) is -0.394. The lowest BCUT2D eigenvalue weighted by Gasteiger charge is -2.10. The molecule has 1 unspecified atom stereocenters. The van der Waals surface area contributed by atoms with Crippen molar-refractivity contribution < 1.29 is 14.3 Å². The zero-order valence-electron chi connectivity index (χ0n) is 9.99. The van der Waals surface area contributed by atoms with Crippen molar-refractivity contribution in [2.24, 2.45) is 0 Å². The van der Waals surface area contributed by atoms with Crippen molar-refractivity contribution in [3.63, 3.8) is 0 Å². The van der Waals surface area contributed by atoms with Crippen LogP contribution >= 0.6 is 0 Å². The fraction of sp³-hybridized carbons (Fsp3) is 1.00. The summed E-state index contributed by atoms with van der Waals surface area (Å²) in [5.74, 6) is 0. The lowest BCUT2D eigenvalue weighted by atomic mass is 10.5. The van der Waals surface area contributed by atoms with E-state index in [-0.39, 0.29) is 0 Å². The van der Waals surface area contributed by atoms with Crippen molar-refractivity contribution >= 4 is 0 Å². The van der Waals surface area contributed by atoms with E-state index in [1.54, 1.807) is 0 Å². The molecule has 0 aromatic rings. The number of rotatable bonds is 0. The first-order chi connectivity index (χ1) is 5.58. The number of hydrogen-bond acceptors (Lipinski definition) is 2. The average molecular weight is 94.2 g/mol. The molecule has 36 valence electrons. The summed E-state index contributed by atoms with van der Waals surface area (Å²) in [6, 6.07) is 0. The minimum absolute atomic E-state index is 1.65.